The monoisotopic (exact) mass is 622 g/mol. The molecule has 10 nitrogen and oxygen atoms in total. The SMILES string of the molecule is CC(C)c1ccc(N2C[C@H](CS(C)(=O)=O)[C@H]2C)c2cnc(Nc3ccnc(-c4cn(C5CC(N(C)C)C5)nc4Cl)n3)cc12. The Labute approximate surface area is 258 Å². The highest BCUT2D eigenvalue weighted by atomic mass is 35.5. The topological polar surface area (TPSA) is 109 Å². The van der Waals surface area contributed by atoms with Crippen molar-refractivity contribution in [2.24, 2.45) is 5.92 Å². The molecule has 0 amide bonds. The summed E-state index contributed by atoms with van der Waals surface area (Å²) in [5, 5.41) is 10.5. The van der Waals surface area contributed by atoms with Gasteiger partial charge in [-0.05, 0) is 68.9 Å². The molecule has 1 aliphatic carbocycles. The summed E-state index contributed by atoms with van der Waals surface area (Å²) in [5.74, 6) is 2.44. The number of hydrogen-bond donors (Lipinski definition) is 1. The van der Waals surface area contributed by atoms with Gasteiger partial charge in [0.1, 0.15) is 21.5 Å². The molecule has 2 fully saturated rings. The zero-order chi connectivity index (χ0) is 30.6. The Morgan fingerprint density at radius 1 is 1.12 bits per heavy atom. The summed E-state index contributed by atoms with van der Waals surface area (Å²) in [6, 6.07) is 9.22. The van der Waals surface area contributed by atoms with Gasteiger partial charge < -0.3 is 15.1 Å². The van der Waals surface area contributed by atoms with Crippen molar-refractivity contribution in [3.8, 4) is 11.4 Å². The Morgan fingerprint density at radius 2 is 1.88 bits per heavy atom. The molecule has 0 unspecified atom stereocenters. The van der Waals surface area contributed by atoms with Gasteiger partial charge in [-0.2, -0.15) is 5.10 Å². The number of nitrogens with zero attached hydrogens (tertiary/aromatic N) is 7. The van der Waals surface area contributed by atoms with Crippen LogP contribution in [0.1, 0.15) is 51.1 Å². The van der Waals surface area contributed by atoms with E-state index < -0.39 is 9.84 Å². The van der Waals surface area contributed by atoms with E-state index in [1.807, 2.05) is 23.1 Å². The van der Waals surface area contributed by atoms with Gasteiger partial charge in [-0.1, -0.05) is 31.5 Å². The van der Waals surface area contributed by atoms with Crippen LogP contribution in [0.3, 0.4) is 0 Å². The van der Waals surface area contributed by atoms with Crippen LogP contribution in [0, 0.1) is 5.92 Å². The van der Waals surface area contributed by atoms with Crippen LogP contribution in [0.4, 0.5) is 17.3 Å². The standard InChI is InChI=1S/C31H39ClN8O2S/c1-18(2)23-7-8-27(39-15-20(19(39)3)17-43(6,41)42)25-14-34-29(13-24(23)25)35-28-9-10-33-31(36-28)26-16-40(37-30(26)32)22-11-21(12-22)38(4)5/h7-10,13-14,16,18-22H,11-12,15,17H2,1-6H3,(H,33,34,35,36)/t19-,20-,21?,22?/m1/s1. The van der Waals surface area contributed by atoms with Crippen LogP contribution < -0.4 is 10.2 Å². The molecule has 1 aliphatic heterocycles. The predicted molar refractivity (Wildman–Crippen MR) is 173 cm³/mol. The molecule has 6 rings (SSSR count). The Balaban J connectivity index is 1.25. The lowest BCUT2D eigenvalue weighted by molar-refractivity contribution is 0.121. The summed E-state index contributed by atoms with van der Waals surface area (Å²) in [6.07, 6.45) is 8.95. The van der Waals surface area contributed by atoms with Gasteiger partial charge in [-0.15, -0.1) is 0 Å². The molecule has 4 aromatic rings. The van der Waals surface area contributed by atoms with E-state index in [1.54, 1.807) is 6.20 Å². The first-order chi connectivity index (χ1) is 20.4. The molecule has 4 heterocycles. The molecular weight excluding hydrogens is 584 g/mol. The van der Waals surface area contributed by atoms with E-state index >= 15 is 0 Å². The Morgan fingerprint density at radius 3 is 2.56 bits per heavy atom. The lowest BCUT2D eigenvalue weighted by Gasteiger charge is -2.48. The number of sulfone groups is 1. The third-order valence-electron chi connectivity index (χ3n) is 9.00. The average molecular weight is 623 g/mol. The van der Waals surface area contributed by atoms with Gasteiger partial charge in [0.05, 0.1) is 17.4 Å². The Bertz CT molecular complexity index is 1770. The quantitative estimate of drug-likeness (QED) is 0.257. The zero-order valence-electron chi connectivity index (χ0n) is 25.5. The van der Waals surface area contributed by atoms with E-state index in [0.29, 0.717) is 52.7 Å². The first-order valence-electron chi connectivity index (χ1n) is 14.8. The largest absolute Gasteiger partial charge is 0.368 e. The van der Waals surface area contributed by atoms with Crippen LogP contribution in [0.25, 0.3) is 22.2 Å². The molecule has 0 radical (unpaired) electrons. The van der Waals surface area contributed by atoms with Gasteiger partial charge in [-0.3, -0.25) is 4.68 Å². The molecule has 12 heteroatoms. The molecule has 1 saturated heterocycles. The van der Waals surface area contributed by atoms with Crippen molar-refractivity contribution in [1.29, 1.82) is 0 Å². The lowest BCUT2D eigenvalue weighted by atomic mass is 9.86. The second-order valence-electron chi connectivity index (χ2n) is 12.6. The maximum Gasteiger partial charge on any atom is 0.166 e. The van der Waals surface area contributed by atoms with E-state index in [-0.39, 0.29) is 17.7 Å². The smallest absolute Gasteiger partial charge is 0.166 e. The lowest BCUT2D eigenvalue weighted by Crippen LogP contribution is -2.57. The third kappa shape index (κ3) is 5.94. The second-order valence-corrected chi connectivity index (χ2v) is 15.2. The van der Waals surface area contributed by atoms with Crippen molar-refractivity contribution in [3.63, 3.8) is 0 Å². The first kappa shape index (κ1) is 29.8. The van der Waals surface area contributed by atoms with Gasteiger partial charge in [0.2, 0.25) is 0 Å². The van der Waals surface area contributed by atoms with Crippen molar-refractivity contribution in [3.05, 3.63) is 53.6 Å². The number of anilines is 3. The summed E-state index contributed by atoms with van der Waals surface area (Å²) >= 11 is 6.55. The van der Waals surface area contributed by atoms with Gasteiger partial charge in [0, 0.05) is 60.5 Å². The Kier molecular flexibility index (Phi) is 7.85. The molecule has 0 bridgehead atoms. The third-order valence-corrected chi connectivity index (χ3v) is 10.3. The minimum absolute atomic E-state index is 0.125. The summed E-state index contributed by atoms with van der Waals surface area (Å²) in [6.45, 7) is 7.17. The molecule has 43 heavy (non-hydrogen) atoms. The van der Waals surface area contributed by atoms with Crippen molar-refractivity contribution >= 4 is 49.5 Å². The maximum absolute atomic E-state index is 11.9. The summed E-state index contributed by atoms with van der Waals surface area (Å²) < 4.78 is 25.7. The molecule has 228 valence electrons. The second kappa shape index (κ2) is 11.3. The number of hydrogen-bond acceptors (Lipinski definition) is 9. The minimum Gasteiger partial charge on any atom is -0.368 e. The Hall–Kier alpha value is -3.28. The fourth-order valence-corrected chi connectivity index (χ4v) is 7.63. The fraction of sp³-hybridized carbons (Fsp3) is 0.484. The number of pyridine rings is 1. The van der Waals surface area contributed by atoms with E-state index in [9.17, 15) is 8.42 Å². The normalized spacial score (nSPS) is 22.2. The number of nitrogens with one attached hydrogen (secondary N) is 1. The van der Waals surface area contributed by atoms with Crippen molar-refractivity contribution in [2.75, 3.05) is 42.9 Å². The highest BCUT2D eigenvalue weighted by molar-refractivity contribution is 7.90. The van der Waals surface area contributed by atoms with E-state index in [4.69, 9.17) is 21.6 Å². The highest BCUT2D eigenvalue weighted by Crippen LogP contribution is 2.40. The van der Waals surface area contributed by atoms with E-state index in [2.05, 4.69) is 78.3 Å². The molecule has 1 N–H and O–H groups in total. The van der Waals surface area contributed by atoms with Crippen LogP contribution in [-0.4, -0.2) is 82.8 Å². The molecular formula is C31H39ClN8O2S. The van der Waals surface area contributed by atoms with Crippen molar-refractivity contribution < 1.29 is 8.42 Å². The molecule has 1 aromatic carbocycles. The number of rotatable bonds is 9. The van der Waals surface area contributed by atoms with Gasteiger partial charge in [0.15, 0.2) is 11.0 Å². The maximum atomic E-state index is 11.9. The molecule has 1 saturated carbocycles. The average Bonchev–Trinajstić information content (AvgIpc) is 3.29. The van der Waals surface area contributed by atoms with E-state index in [1.165, 1.54) is 11.8 Å². The van der Waals surface area contributed by atoms with Gasteiger partial charge in [0.25, 0.3) is 0 Å². The molecule has 0 spiro atoms. The van der Waals surface area contributed by atoms with Crippen LogP contribution in [0.2, 0.25) is 5.15 Å². The van der Waals surface area contributed by atoms with Crippen molar-refractivity contribution in [1.82, 2.24) is 29.6 Å². The van der Waals surface area contributed by atoms with Crippen molar-refractivity contribution in [2.45, 2.75) is 57.7 Å². The van der Waals surface area contributed by atoms with Crippen LogP contribution in [0.15, 0.2) is 42.9 Å². The highest BCUT2D eigenvalue weighted by Gasteiger charge is 2.38. The zero-order valence-corrected chi connectivity index (χ0v) is 27.1. The van der Waals surface area contributed by atoms with Crippen LogP contribution in [-0.2, 0) is 9.84 Å². The van der Waals surface area contributed by atoms with Gasteiger partial charge >= 0.3 is 0 Å². The number of fused-ring (bicyclic) bond motifs is 1. The number of benzene rings is 1. The molecule has 2 atom stereocenters. The first-order valence-corrected chi connectivity index (χ1v) is 17.2. The fourth-order valence-electron chi connectivity index (χ4n) is 6.25. The minimum atomic E-state index is -3.02. The van der Waals surface area contributed by atoms with E-state index in [0.717, 1.165) is 29.3 Å². The van der Waals surface area contributed by atoms with Crippen LogP contribution in [0.5, 0.6) is 0 Å². The summed E-state index contributed by atoms with van der Waals surface area (Å²) in [4.78, 5) is 18.5. The predicted octanol–water partition coefficient (Wildman–Crippen LogP) is 5.54. The van der Waals surface area contributed by atoms with Gasteiger partial charge in [-0.25, -0.2) is 23.4 Å². The molecule has 2 aliphatic rings. The summed E-state index contributed by atoms with van der Waals surface area (Å²) in [7, 11) is 1.19. The number of halogens is 1. The van der Waals surface area contributed by atoms with Crippen LogP contribution >= 0.6 is 11.6 Å². The number of aromatic nitrogens is 5. The molecule has 3 aromatic heterocycles. The summed E-state index contributed by atoms with van der Waals surface area (Å²) in [5.41, 5.74) is 3.00.